The summed E-state index contributed by atoms with van der Waals surface area (Å²) in [7, 11) is 4.25. The third-order valence-corrected chi connectivity index (χ3v) is 4.35. The second kappa shape index (κ2) is 7.38. The van der Waals surface area contributed by atoms with Crippen molar-refractivity contribution < 1.29 is 0 Å². The fourth-order valence-corrected chi connectivity index (χ4v) is 3.40. The lowest BCUT2D eigenvalue weighted by Gasteiger charge is -2.28. The van der Waals surface area contributed by atoms with Gasteiger partial charge >= 0.3 is 0 Å². The number of fused-ring (bicyclic) bond motifs is 1. The molecule has 0 aliphatic carbocycles. The number of hydrogen-bond donors (Lipinski definition) is 1. The minimum absolute atomic E-state index is 0.263. The smallest absolute Gasteiger partial charge is 0.100 e. The topological polar surface area (TPSA) is 33.1 Å². The van der Waals surface area contributed by atoms with Gasteiger partial charge < -0.3 is 10.2 Å². The maximum absolute atomic E-state index is 4.46. The van der Waals surface area contributed by atoms with Gasteiger partial charge in [-0.05, 0) is 49.3 Å². The SMILES string of the molecule is CN(C)CC(C)(C)CNCc1ccc(-n2cnc3ccccc32)cc1. The second-order valence-corrected chi connectivity index (χ2v) is 7.78. The highest BCUT2D eigenvalue weighted by Gasteiger charge is 2.18. The average molecular weight is 336 g/mol. The van der Waals surface area contributed by atoms with E-state index in [1.807, 2.05) is 24.5 Å². The molecular formula is C21H28N4. The number of benzene rings is 2. The molecule has 0 spiro atoms. The van der Waals surface area contributed by atoms with Crippen LogP contribution >= 0.6 is 0 Å². The summed E-state index contributed by atoms with van der Waals surface area (Å²) < 4.78 is 2.13. The molecule has 25 heavy (non-hydrogen) atoms. The molecule has 0 atom stereocenters. The van der Waals surface area contributed by atoms with Crippen molar-refractivity contribution in [1.82, 2.24) is 19.8 Å². The molecule has 1 aromatic heterocycles. The van der Waals surface area contributed by atoms with Crippen LogP contribution in [0.5, 0.6) is 0 Å². The van der Waals surface area contributed by atoms with E-state index in [0.717, 1.165) is 36.4 Å². The van der Waals surface area contributed by atoms with Gasteiger partial charge in [-0.25, -0.2) is 4.98 Å². The summed E-state index contributed by atoms with van der Waals surface area (Å²) in [4.78, 5) is 6.71. The zero-order valence-corrected chi connectivity index (χ0v) is 15.7. The van der Waals surface area contributed by atoms with Gasteiger partial charge in [0.05, 0.1) is 11.0 Å². The minimum Gasteiger partial charge on any atom is -0.312 e. The van der Waals surface area contributed by atoms with Crippen LogP contribution in [0.15, 0.2) is 54.9 Å². The Bertz CT molecular complexity index is 815. The first-order chi connectivity index (χ1) is 11.9. The zero-order chi connectivity index (χ0) is 17.9. The molecule has 0 aliphatic rings. The Balaban J connectivity index is 1.63. The molecule has 0 unspecified atom stereocenters. The first-order valence-corrected chi connectivity index (χ1v) is 8.81. The molecule has 1 heterocycles. The van der Waals surface area contributed by atoms with Crippen LogP contribution in [0.4, 0.5) is 0 Å². The number of aromatic nitrogens is 2. The van der Waals surface area contributed by atoms with Crippen LogP contribution in [0.1, 0.15) is 19.4 Å². The molecule has 0 fully saturated rings. The predicted molar refractivity (Wildman–Crippen MR) is 105 cm³/mol. The van der Waals surface area contributed by atoms with E-state index in [-0.39, 0.29) is 5.41 Å². The van der Waals surface area contributed by atoms with Gasteiger partial charge in [-0.15, -0.1) is 0 Å². The van der Waals surface area contributed by atoms with Gasteiger partial charge in [0.25, 0.3) is 0 Å². The Hall–Kier alpha value is -2.17. The van der Waals surface area contributed by atoms with Crippen molar-refractivity contribution in [2.24, 2.45) is 5.41 Å². The third-order valence-electron chi connectivity index (χ3n) is 4.35. The summed E-state index contributed by atoms with van der Waals surface area (Å²) in [5.74, 6) is 0. The molecule has 3 rings (SSSR count). The molecular weight excluding hydrogens is 308 g/mol. The van der Waals surface area contributed by atoms with E-state index in [1.165, 1.54) is 5.56 Å². The van der Waals surface area contributed by atoms with Crippen molar-refractivity contribution in [3.05, 3.63) is 60.4 Å². The van der Waals surface area contributed by atoms with Crippen molar-refractivity contribution in [2.75, 3.05) is 27.2 Å². The fourth-order valence-electron chi connectivity index (χ4n) is 3.40. The van der Waals surface area contributed by atoms with Gasteiger partial charge in [0, 0.05) is 25.3 Å². The molecule has 0 aliphatic heterocycles. The summed E-state index contributed by atoms with van der Waals surface area (Å²) in [5, 5.41) is 3.59. The van der Waals surface area contributed by atoms with Crippen LogP contribution in [0.3, 0.4) is 0 Å². The Morgan fingerprint density at radius 3 is 2.48 bits per heavy atom. The van der Waals surface area contributed by atoms with Crippen LogP contribution < -0.4 is 5.32 Å². The van der Waals surface area contributed by atoms with E-state index in [9.17, 15) is 0 Å². The maximum Gasteiger partial charge on any atom is 0.100 e. The first-order valence-electron chi connectivity index (χ1n) is 8.81. The van der Waals surface area contributed by atoms with E-state index in [0.29, 0.717) is 0 Å². The van der Waals surface area contributed by atoms with Crippen molar-refractivity contribution in [2.45, 2.75) is 20.4 Å². The lowest BCUT2D eigenvalue weighted by molar-refractivity contribution is 0.232. The van der Waals surface area contributed by atoms with Crippen LogP contribution in [-0.2, 0) is 6.54 Å². The predicted octanol–water partition coefficient (Wildman–Crippen LogP) is 3.70. The molecule has 2 aromatic carbocycles. The first kappa shape index (κ1) is 17.6. The summed E-state index contributed by atoms with van der Waals surface area (Å²) in [6.45, 7) is 7.56. The fraction of sp³-hybridized carbons (Fsp3) is 0.381. The van der Waals surface area contributed by atoms with E-state index in [4.69, 9.17) is 0 Å². The van der Waals surface area contributed by atoms with Gasteiger partial charge in [-0.1, -0.05) is 38.1 Å². The van der Waals surface area contributed by atoms with Gasteiger partial charge in [-0.2, -0.15) is 0 Å². The number of hydrogen-bond acceptors (Lipinski definition) is 3. The molecule has 0 amide bonds. The molecule has 0 saturated heterocycles. The number of nitrogens with zero attached hydrogens (tertiary/aromatic N) is 3. The Morgan fingerprint density at radius 1 is 1.04 bits per heavy atom. The highest BCUT2D eigenvalue weighted by molar-refractivity contribution is 5.77. The summed E-state index contributed by atoms with van der Waals surface area (Å²) in [6.07, 6.45) is 1.89. The summed E-state index contributed by atoms with van der Waals surface area (Å²) in [5.41, 5.74) is 4.87. The standard InChI is InChI=1S/C21H28N4/c1-21(2,15-24(3)4)14-22-13-17-9-11-18(12-10-17)25-16-23-19-7-5-6-8-20(19)25/h5-12,16,22H,13-15H2,1-4H3. The Labute approximate surface area is 150 Å². The molecule has 0 saturated carbocycles. The van der Waals surface area contributed by atoms with Crippen LogP contribution in [0, 0.1) is 5.41 Å². The normalized spacial score (nSPS) is 12.2. The summed E-state index contributed by atoms with van der Waals surface area (Å²) in [6, 6.07) is 16.9. The minimum atomic E-state index is 0.263. The van der Waals surface area contributed by atoms with Crippen molar-refractivity contribution in [3.8, 4) is 5.69 Å². The Morgan fingerprint density at radius 2 is 1.76 bits per heavy atom. The molecule has 4 nitrogen and oxygen atoms in total. The quantitative estimate of drug-likeness (QED) is 0.714. The van der Waals surface area contributed by atoms with Crippen LogP contribution in [0.25, 0.3) is 16.7 Å². The molecule has 0 bridgehead atoms. The van der Waals surface area contributed by atoms with E-state index < -0.39 is 0 Å². The monoisotopic (exact) mass is 336 g/mol. The van der Waals surface area contributed by atoms with E-state index in [2.05, 4.69) is 78.0 Å². The molecule has 0 radical (unpaired) electrons. The lowest BCUT2D eigenvalue weighted by Crippen LogP contribution is -2.37. The van der Waals surface area contributed by atoms with Crippen LogP contribution in [0.2, 0.25) is 0 Å². The van der Waals surface area contributed by atoms with E-state index in [1.54, 1.807) is 0 Å². The highest BCUT2D eigenvalue weighted by atomic mass is 15.1. The van der Waals surface area contributed by atoms with E-state index >= 15 is 0 Å². The number of nitrogens with one attached hydrogen (secondary N) is 1. The lowest BCUT2D eigenvalue weighted by atomic mass is 9.93. The molecule has 4 heteroatoms. The van der Waals surface area contributed by atoms with Gasteiger partial charge in [-0.3, -0.25) is 4.57 Å². The number of imidazole rings is 1. The molecule has 1 N–H and O–H groups in total. The van der Waals surface area contributed by atoms with Gasteiger partial charge in [0.15, 0.2) is 0 Å². The largest absolute Gasteiger partial charge is 0.312 e. The van der Waals surface area contributed by atoms with Crippen molar-refractivity contribution >= 4 is 11.0 Å². The average Bonchev–Trinajstić information content (AvgIpc) is 2.98. The van der Waals surface area contributed by atoms with Crippen molar-refractivity contribution in [1.29, 1.82) is 0 Å². The summed E-state index contributed by atoms with van der Waals surface area (Å²) >= 11 is 0. The molecule has 132 valence electrons. The van der Waals surface area contributed by atoms with Gasteiger partial charge in [0.2, 0.25) is 0 Å². The maximum atomic E-state index is 4.46. The van der Waals surface area contributed by atoms with Crippen LogP contribution in [-0.4, -0.2) is 41.6 Å². The number of para-hydroxylation sites is 2. The van der Waals surface area contributed by atoms with Crippen molar-refractivity contribution in [3.63, 3.8) is 0 Å². The second-order valence-electron chi connectivity index (χ2n) is 7.78. The molecule has 3 aromatic rings. The number of rotatable bonds is 7. The highest BCUT2D eigenvalue weighted by Crippen LogP contribution is 2.18. The zero-order valence-electron chi connectivity index (χ0n) is 15.7. The third kappa shape index (κ3) is 4.47. The Kier molecular flexibility index (Phi) is 5.21. The van der Waals surface area contributed by atoms with Gasteiger partial charge in [0.1, 0.15) is 6.33 Å².